The van der Waals surface area contributed by atoms with Crippen LogP contribution in [0, 0.1) is 5.92 Å². The third-order valence-corrected chi connectivity index (χ3v) is 5.48. The summed E-state index contributed by atoms with van der Waals surface area (Å²) >= 11 is 0. The molecular formula is C24H45N3O5. The predicted octanol–water partition coefficient (Wildman–Crippen LogP) is 3.36. The highest BCUT2D eigenvalue weighted by Crippen LogP contribution is 2.12. The zero-order valence-corrected chi connectivity index (χ0v) is 20.5. The first-order valence-electron chi connectivity index (χ1n) is 12.2. The molecule has 2 unspecified atom stereocenters. The summed E-state index contributed by atoms with van der Waals surface area (Å²) in [4.78, 5) is 48.1. The zero-order valence-electron chi connectivity index (χ0n) is 20.5. The zero-order chi connectivity index (χ0) is 24.4. The van der Waals surface area contributed by atoms with Crippen LogP contribution in [0.2, 0.25) is 0 Å². The maximum absolute atomic E-state index is 12.6. The van der Waals surface area contributed by atoms with Crippen molar-refractivity contribution in [1.29, 1.82) is 0 Å². The molecule has 0 saturated heterocycles. The number of carbonyl (C=O) groups excluding carboxylic acids is 4. The van der Waals surface area contributed by atoms with Gasteiger partial charge in [0.15, 0.2) is 0 Å². The Morgan fingerprint density at radius 1 is 0.812 bits per heavy atom. The minimum Gasteiger partial charge on any atom is -0.467 e. The van der Waals surface area contributed by atoms with Crippen LogP contribution >= 0.6 is 0 Å². The molecule has 4 N–H and O–H groups in total. The van der Waals surface area contributed by atoms with Crippen LogP contribution in [0.3, 0.4) is 0 Å². The summed E-state index contributed by atoms with van der Waals surface area (Å²) in [5, 5.41) is 5.13. The van der Waals surface area contributed by atoms with E-state index in [1.54, 1.807) is 13.8 Å². The van der Waals surface area contributed by atoms with E-state index in [1.807, 2.05) is 0 Å². The molecule has 0 aromatic rings. The van der Waals surface area contributed by atoms with Crippen LogP contribution in [-0.2, 0) is 23.9 Å². The van der Waals surface area contributed by atoms with Gasteiger partial charge in [-0.25, -0.2) is 4.79 Å². The van der Waals surface area contributed by atoms with E-state index in [1.165, 1.54) is 58.5 Å². The van der Waals surface area contributed by atoms with Crippen LogP contribution < -0.4 is 16.4 Å². The van der Waals surface area contributed by atoms with Crippen LogP contribution in [-0.4, -0.2) is 42.9 Å². The fourth-order valence-electron chi connectivity index (χ4n) is 3.51. The van der Waals surface area contributed by atoms with Gasteiger partial charge >= 0.3 is 5.97 Å². The highest BCUT2D eigenvalue weighted by molar-refractivity contribution is 5.93. The molecule has 0 aliphatic heterocycles. The van der Waals surface area contributed by atoms with Crippen molar-refractivity contribution in [3.8, 4) is 0 Å². The third-order valence-electron chi connectivity index (χ3n) is 5.48. The van der Waals surface area contributed by atoms with Gasteiger partial charge in [0.2, 0.25) is 17.7 Å². The van der Waals surface area contributed by atoms with Crippen molar-refractivity contribution in [1.82, 2.24) is 10.6 Å². The van der Waals surface area contributed by atoms with Crippen molar-refractivity contribution in [3.63, 3.8) is 0 Å². The largest absolute Gasteiger partial charge is 0.467 e. The topological polar surface area (TPSA) is 128 Å². The van der Waals surface area contributed by atoms with Gasteiger partial charge in [0.1, 0.15) is 12.1 Å². The van der Waals surface area contributed by atoms with Crippen LogP contribution in [0.25, 0.3) is 0 Å². The first-order chi connectivity index (χ1) is 15.2. The summed E-state index contributed by atoms with van der Waals surface area (Å²) in [6, 6.07) is -1.98. The third kappa shape index (κ3) is 14.8. The quantitative estimate of drug-likeness (QED) is 0.203. The van der Waals surface area contributed by atoms with Gasteiger partial charge < -0.3 is 21.1 Å². The molecule has 0 bridgehead atoms. The Morgan fingerprint density at radius 2 is 1.31 bits per heavy atom. The maximum Gasteiger partial charge on any atom is 0.328 e. The molecule has 0 saturated carbocycles. The first-order valence-corrected chi connectivity index (χ1v) is 12.2. The Kier molecular flexibility index (Phi) is 17.2. The summed E-state index contributed by atoms with van der Waals surface area (Å²) in [5.41, 5.74) is 5.24. The Balaban J connectivity index is 4.29. The molecule has 3 amide bonds. The number of ether oxygens (including phenoxy) is 1. The van der Waals surface area contributed by atoms with E-state index >= 15 is 0 Å². The van der Waals surface area contributed by atoms with Crippen LogP contribution in [0.5, 0.6) is 0 Å². The van der Waals surface area contributed by atoms with Gasteiger partial charge in [-0.05, 0) is 12.3 Å². The molecule has 186 valence electrons. The molecule has 0 aromatic carbocycles. The number of hydrogen-bond acceptors (Lipinski definition) is 5. The number of hydrogen-bond donors (Lipinski definition) is 3. The molecule has 0 aliphatic carbocycles. The van der Waals surface area contributed by atoms with Crippen LogP contribution in [0.15, 0.2) is 0 Å². The summed E-state index contributed by atoms with van der Waals surface area (Å²) in [6.07, 6.45) is 13.0. The second kappa shape index (κ2) is 18.5. The molecule has 8 heteroatoms. The Bertz CT molecular complexity index is 566. The lowest BCUT2D eigenvalue weighted by Gasteiger charge is -2.23. The van der Waals surface area contributed by atoms with Gasteiger partial charge in [-0.3, -0.25) is 14.4 Å². The summed E-state index contributed by atoms with van der Waals surface area (Å²) in [6.45, 7) is 5.74. The first kappa shape index (κ1) is 29.9. The minimum atomic E-state index is -1.11. The average molecular weight is 456 g/mol. The Morgan fingerprint density at radius 3 is 1.75 bits per heavy atom. The number of unbranched alkanes of at least 4 members (excludes halogenated alkanes) is 10. The standard InChI is InChI=1S/C24H45N3O5/c1-5-6-7-8-9-10-11-12-13-14-15-16-21(29)26-19(17-20(25)28)23(30)27-22(18(2)3)24(31)32-4/h18-19,22H,5-17H2,1-4H3,(H2,25,28)(H,26,29)(H,27,30). The number of rotatable bonds is 19. The molecule has 0 fully saturated rings. The molecule has 0 spiro atoms. The fourth-order valence-corrected chi connectivity index (χ4v) is 3.51. The van der Waals surface area contributed by atoms with Gasteiger partial charge in [-0.2, -0.15) is 0 Å². The molecule has 32 heavy (non-hydrogen) atoms. The van der Waals surface area contributed by atoms with Crippen molar-refractivity contribution in [2.24, 2.45) is 11.7 Å². The van der Waals surface area contributed by atoms with Crippen LogP contribution in [0.1, 0.15) is 104 Å². The molecule has 0 heterocycles. The maximum atomic E-state index is 12.6. The molecular weight excluding hydrogens is 410 g/mol. The lowest BCUT2D eigenvalue weighted by Crippen LogP contribution is -2.54. The van der Waals surface area contributed by atoms with E-state index in [2.05, 4.69) is 17.6 Å². The minimum absolute atomic E-state index is 0.215. The Labute approximate surface area is 193 Å². The van der Waals surface area contributed by atoms with Crippen molar-refractivity contribution in [3.05, 3.63) is 0 Å². The molecule has 0 aromatic heterocycles. The molecule has 8 nitrogen and oxygen atoms in total. The molecule has 0 rings (SSSR count). The molecule has 0 radical (unpaired) electrons. The monoisotopic (exact) mass is 455 g/mol. The van der Waals surface area contributed by atoms with E-state index in [-0.39, 0.29) is 24.7 Å². The number of nitrogens with two attached hydrogens (primary N) is 1. The van der Waals surface area contributed by atoms with E-state index in [4.69, 9.17) is 10.5 Å². The van der Waals surface area contributed by atoms with Gasteiger partial charge in [-0.15, -0.1) is 0 Å². The van der Waals surface area contributed by atoms with E-state index in [0.29, 0.717) is 0 Å². The fraction of sp³-hybridized carbons (Fsp3) is 0.833. The average Bonchev–Trinajstić information content (AvgIpc) is 2.74. The van der Waals surface area contributed by atoms with E-state index in [0.717, 1.165) is 19.3 Å². The van der Waals surface area contributed by atoms with Crippen molar-refractivity contribution < 1.29 is 23.9 Å². The van der Waals surface area contributed by atoms with Crippen molar-refractivity contribution >= 4 is 23.7 Å². The SMILES string of the molecule is CCCCCCCCCCCCCC(=O)NC(CC(N)=O)C(=O)NC(C(=O)OC)C(C)C. The van der Waals surface area contributed by atoms with Gasteiger partial charge in [-0.1, -0.05) is 85.0 Å². The second-order valence-electron chi connectivity index (χ2n) is 8.83. The van der Waals surface area contributed by atoms with E-state index < -0.39 is 29.9 Å². The van der Waals surface area contributed by atoms with E-state index in [9.17, 15) is 19.2 Å². The molecule has 2 atom stereocenters. The summed E-state index contributed by atoms with van der Waals surface area (Å²) < 4.78 is 4.71. The van der Waals surface area contributed by atoms with Gasteiger partial charge in [0, 0.05) is 6.42 Å². The number of esters is 1. The summed E-state index contributed by atoms with van der Waals surface area (Å²) in [7, 11) is 1.24. The van der Waals surface area contributed by atoms with Crippen molar-refractivity contribution in [2.75, 3.05) is 7.11 Å². The lowest BCUT2D eigenvalue weighted by atomic mass is 10.0. The number of nitrogens with one attached hydrogen (secondary N) is 2. The van der Waals surface area contributed by atoms with Gasteiger partial charge in [0.05, 0.1) is 13.5 Å². The number of primary amides is 1. The van der Waals surface area contributed by atoms with Crippen LogP contribution in [0.4, 0.5) is 0 Å². The van der Waals surface area contributed by atoms with Gasteiger partial charge in [0.25, 0.3) is 0 Å². The number of carbonyl (C=O) groups is 4. The number of amides is 3. The van der Waals surface area contributed by atoms with Crippen molar-refractivity contribution in [2.45, 2.75) is 116 Å². The highest BCUT2D eigenvalue weighted by Gasteiger charge is 2.30. The predicted molar refractivity (Wildman–Crippen MR) is 126 cm³/mol. The highest BCUT2D eigenvalue weighted by atomic mass is 16.5. The second-order valence-corrected chi connectivity index (χ2v) is 8.83. The lowest BCUT2D eigenvalue weighted by molar-refractivity contribution is -0.146. The normalized spacial score (nSPS) is 12.8. The molecule has 0 aliphatic rings. The smallest absolute Gasteiger partial charge is 0.328 e. The number of methoxy groups -OCH3 is 1. The summed E-state index contributed by atoms with van der Waals surface area (Å²) in [5.74, 6) is -2.44. The Hall–Kier alpha value is -2.12.